The van der Waals surface area contributed by atoms with Crippen LogP contribution in [0.4, 0.5) is 4.39 Å². The molecule has 0 atom stereocenters. The van der Waals surface area contributed by atoms with E-state index in [0.29, 0.717) is 26.0 Å². The number of halogens is 3. The number of rotatable bonds is 2. The van der Waals surface area contributed by atoms with Crippen molar-refractivity contribution in [3.8, 4) is 17.6 Å². The van der Waals surface area contributed by atoms with Crippen LogP contribution in [0.3, 0.4) is 0 Å². The molecular weight excluding hydrogens is 365 g/mol. The maximum atomic E-state index is 13.2. The lowest BCUT2D eigenvalue weighted by atomic mass is 10.2. The van der Waals surface area contributed by atoms with Crippen molar-refractivity contribution in [3.05, 3.63) is 56.7 Å². The molecule has 90 valence electrons. The quantitative estimate of drug-likeness (QED) is 0.743. The number of hydrogen-bond acceptors (Lipinski definition) is 2. The van der Waals surface area contributed by atoms with Crippen molar-refractivity contribution in [2.24, 2.45) is 0 Å². The lowest BCUT2D eigenvalue weighted by Gasteiger charge is -2.07. The van der Waals surface area contributed by atoms with E-state index in [1.54, 1.807) is 24.3 Å². The molecular formula is C13H6Br2FNO. The molecule has 0 saturated carbocycles. The summed E-state index contributed by atoms with van der Waals surface area (Å²) in [6.45, 7) is 0. The van der Waals surface area contributed by atoms with Crippen LogP contribution in [-0.2, 0) is 0 Å². The van der Waals surface area contributed by atoms with Crippen LogP contribution in [-0.4, -0.2) is 0 Å². The van der Waals surface area contributed by atoms with Gasteiger partial charge < -0.3 is 4.74 Å². The Bertz CT molecular complexity index is 617. The Labute approximate surface area is 120 Å². The van der Waals surface area contributed by atoms with E-state index >= 15 is 0 Å². The summed E-state index contributed by atoms with van der Waals surface area (Å²) in [6, 6.07) is 11.3. The summed E-state index contributed by atoms with van der Waals surface area (Å²) < 4.78 is 19.9. The van der Waals surface area contributed by atoms with Gasteiger partial charge in [-0.3, -0.25) is 0 Å². The Morgan fingerprint density at radius 1 is 1.06 bits per heavy atom. The number of benzene rings is 2. The first-order valence-electron chi connectivity index (χ1n) is 4.92. The van der Waals surface area contributed by atoms with Crippen molar-refractivity contribution in [3.63, 3.8) is 0 Å². The molecule has 0 amide bonds. The van der Waals surface area contributed by atoms with E-state index in [0.717, 1.165) is 0 Å². The third kappa shape index (κ3) is 3.09. The van der Waals surface area contributed by atoms with Gasteiger partial charge in [0.1, 0.15) is 23.4 Å². The summed E-state index contributed by atoms with van der Waals surface area (Å²) in [5, 5.41) is 8.80. The molecule has 0 N–H and O–H groups in total. The Balaban J connectivity index is 2.29. The molecule has 0 saturated heterocycles. The second-order valence-electron chi connectivity index (χ2n) is 3.46. The minimum Gasteiger partial charge on any atom is -0.457 e. The maximum absolute atomic E-state index is 13.2. The molecule has 2 nitrogen and oxygen atoms in total. The van der Waals surface area contributed by atoms with E-state index in [4.69, 9.17) is 10.00 Å². The van der Waals surface area contributed by atoms with Crippen LogP contribution < -0.4 is 4.74 Å². The zero-order valence-electron chi connectivity index (χ0n) is 8.95. The Morgan fingerprint density at radius 2 is 1.83 bits per heavy atom. The van der Waals surface area contributed by atoms with Crippen LogP contribution in [0, 0.1) is 17.1 Å². The van der Waals surface area contributed by atoms with Gasteiger partial charge >= 0.3 is 0 Å². The van der Waals surface area contributed by atoms with Crippen molar-refractivity contribution in [1.82, 2.24) is 0 Å². The van der Waals surface area contributed by atoms with Crippen molar-refractivity contribution in [1.29, 1.82) is 5.26 Å². The maximum Gasteiger partial charge on any atom is 0.131 e. The number of nitrogens with zero attached hydrogens (tertiary/aromatic N) is 1. The van der Waals surface area contributed by atoms with Gasteiger partial charge in [-0.15, -0.1) is 0 Å². The first-order chi connectivity index (χ1) is 8.58. The summed E-state index contributed by atoms with van der Waals surface area (Å²) in [7, 11) is 0. The van der Waals surface area contributed by atoms with Crippen LogP contribution in [0.2, 0.25) is 0 Å². The number of ether oxygens (including phenoxy) is 1. The molecule has 0 aliphatic rings. The van der Waals surface area contributed by atoms with Gasteiger partial charge in [-0.1, -0.05) is 15.9 Å². The first-order valence-corrected chi connectivity index (χ1v) is 6.50. The summed E-state index contributed by atoms with van der Waals surface area (Å²) in [5.41, 5.74) is 0.516. The summed E-state index contributed by atoms with van der Waals surface area (Å²) in [5.74, 6) is 0.531. The fraction of sp³-hybridized carbons (Fsp3) is 0. The van der Waals surface area contributed by atoms with E-state index in [1.807, 2.05) is 6.07 Å². The molecule has 0 unspecified atom stereocenters. The normalized spacial score (nSPS) is 9.89. The smallest absolute Gasteiger partial charge is 0.131 e. The molecule has 0 spiro atoms. The fourth-order valence-corrected chi connectivity index (χ4v) is 2.26. The molecule has 0 bridgehead atoms. The van der Waals surface area contributed by atoms with Gasteiger partial charge in [0.15, 0.2) is 0 Å². The van der Waals surface area contributed by atoms with Crippen molar-refractivity contribution in [2.45, 2.75) is 0 Å². The third-order valence-electron chi connectivity index (χ3n) is 2.13. The van der Waals surface area contributed by atoms with Gasteiger partial charge in [-0.25, -0.2) is 4.39 Å². The lowest BCUT2D eigenvalue weighted by Crippen LogP contribution is -1.87. The Morgan fingerprint density at radius 3 is 2.44 bits per heavy atom. The van der Waals surface area contributed by atoms with E-state index < -0.39 is 0 Å². The van der Waals surface area contributed by atoms with Crippen LogP contribution in [0.25, 0.3) is 0 Å². The minimum absolute atomic E-state index is 0.382. The second-order valence-corrected chi connectivity index (χ2v) is 5.23. The first kappa shape index (κ1) is 13.1. The highest BCUT2D eigenvalue weighted by Crippen LogP contribution is 2.29. The molecule has 0 aliphatic carbocycles. The predicted molar refractivity (Wildman–Crippen MR) is 73.0 cm³/mol. The largest absolute Gasteiger partial charge is 0.457 e. The highest BCUT2D eigenvalue weighted by atomic mass is 79.9. The van der Waals surface area contributed by atoms with Crippen molar-refractivity contribution >= 4 is 31.9 Å². The molecule has 18 heavy (non-hydrogen) atoms. The van der Waals surface area contributed by atoms with Crippen LogP contribution >= 0.6 is 31.9 Å². The van der Waals surface area contributed by atoms with Crippen molar-refractivity contribution in [2.75, 3.05) is 0 Å². The Hall–Kier alpha value is -1.38. The van der Waals surface area contributed by atoms with Crippen LogP contribution in [0.5, 0.6) is 11.5 Å². The van der Waals surface area contributed by atoms with E-state index in [9.17, 15) is 4.39 Å². The molecule has 0 radical (unpaired) electrons. The van der Waals surface area contributed by atoms with Gasteiger partial charge in [0.2, 0.25) is 0 Å². The van der Waals surface area contributed by atoms with Crippen LogP contribution in [0.1, 0.15) is 5.56 Å². The molecule has 5 heteroatoms. The zero-order chi connectivity index (χ0) is 13.1. The topological polar surface area (TPSA) is 33.0 Å². The summed E-state index contributed by atoms with van der Waals surface area (Å²) >= 11 is 6.46. The third-order valence-corrected chi connectivity index (χ3v) is 3.25. The van der Waals surface area contributed by atoms with Gasteiger partial charge in [0.05, 0.1) is 5.56 Å². The molecule has 0 fully saturated rings. The molecule has 0 aromatic heterocycles. The van der Waals surface area contributed by atoms with Gasteiger partial charge in [0.25, 0.3) is 0 Å². The standard InChI is InChI=1S/C13H6Br2FNO/c14-9-3-10(16)5-12(4-9)18-11-2-1-8(7-17)13(15)6-11/h1-6H. The Kier molecular flexibility index (Phi) is 4.00. The van der Waals surface area contributed by atoms with Gasteiger partial charge in [0, 0.05) is 15.0 Å². The highest BCUT2D eigenvalue weighted by Gasteiger charge is 2.04. The lowest BCUT2D eigenvalue weighted by molar-refractivity contribution is 0.476. The second kappa shape index (κ2) is 5.51. The molecule has 2 aromatic carbocycles. The zero-order valence-corrected chi connectivity index (χ0v) is 12.1. The molecule has 0 heterocycles. The fourth-order valence-electron chi connectivity index (χ4n) is 1.37. The summed E-state index contributed by atoms with van der Waals surface area (Å²) in [6.07, 6.45) is 0. The SMILES string of the molecule is N#Cc1ccc(Oc2cc(F)cc(Br)c2)cc1Br. The number of nitriles is 1. The molecule has 2 rings (SSSR count). The minimum atomic E-state index is -0.382. The highest BCUT2D eigenvalue weighted by molar-refractivity contribution is 9.10. The van der Waals surface area contributed by atoms with Gasteiger partial charge in [-0.05, 0) is 46.3 Å². The van der Waals surface area contributed by atoms with Crippen molar-refractivity contribution < 1.29 is 9.13 Å². The average Bonchev–Trinajstić information content (AvgIpc) is 2.27. The average molecular weight is 371 g/mol. The number of hydrogen-bond donors (Lipinski definition) is 0. The molecule has 0 aliphatic heterocycles. The summed E-state index contributed by atoms with van der Waals surface area (Å²) in [4.78, 5) is 0. The molecule has 2 aromatic rings. The van der Waals surface area contributed by atoms with E-state index in [1.165, 1.54) is 12.1 Å². The van der Waals surface area contributed by atoms with E-state index in [-0.39, 0.29) is 5.82 Å². The predicted octanol–water partition coefficient (Wildman–Crippen LogP) is 5.01. The van der Waals surface area contributed by atoms with Crippen LogP contribution in [0.15, 0.2) is 45.3 Å². The van der Waals surface area contributed by atoms with E-state index in [2.05, 4.69) is 31.9 Å². The van der Waals surface area contributed by atoms with Gasteiger partial charge in [-0.2, -0.15) is 5.26 Å². The monoisotopic (exact) mass is 369 g/mol.